The first-order valence-electron chi connectivity index (χ1n) is 4.99. The quantitative estimate of drug-likeness (QED) is 0.676. The lowest BCUT2D eigenvalue weighted by molar-refractivity contribution is -0.384. The van der Waals surface area contributed by atoms with Crippen molar-refractivity contribution < 1.29 is 4.92 Å². The normalized spacial score (nSPS) is 9.78. The van der Waals surface area contributed by atoms with E-state index in [1.54, 1.807) is 25.2 Å². The van der Waals surface area contributed by atoms with Crippen molar-refractivity contribution in [3.63, 3.8) is 0 Å². The molecule has 2 rings (SSSR count). The van der Waals surface area contributed by atoms with E-state index in [2.05, 4.69) is 10.3 Å². The van der Waals surface area contributed by atoms with Gasteiger partial charge in [0.1, 0.15) is 16.8 Å². The number of anilines is 1. The Balaban J connectivity index is 2.60. The van der Waals surface area contributed by atoms with Crippen LogP contribution in [0, 0.1) is 21.4 Å². The van der Waals surface area contributed by atoms with E-state index >= 15 is 0 Å². The number of rotatable bonds is 3. The third kappa shape index (κ3) is 2.14. The summed E-state index contributed by atoms with van der Waals surface area (Å²) in [4.78, 5) is 15.8. The van der Waals surface area contributed by atoms with Crippen molar-refractivity contribution in [3.8, 4) is 16.6 Å². The first kappa shape index (κ1) is 12.0. The van der Waals surface area contributed by atoms with Crippen LogP contribution in [0.5, 0.6) is 0 Å². The summed E-state index contributed by atoms with van der Waals surface area (Å²) in [5.74, 6) is 0.544. The summed E-state index contributed by atoms with van der Waals surface area (Å²) in [5.41, 5.74) is 0.207. The third-order valence-corrected chi connectivity index (χ3v) is 3.27. The second-order valence-corrected chi connectivity index (χ2v) is 4.43. The number of thiophene rings is 1. The van der Waals surface area contributed by atoms with Gasteiger partial charge in [-0.25, -0.2) is 4.98 Å². The lowest BCUT2D eigenvalue weighted by atomic mass is 10.2. The number of nitro groups is 1. The highest BCUT2D eigenvalue weighted by molar-refractivity contribution is 7.16. The molecule has 0 spiro atoms. The third-order valence-electron chi connectivity index (χ3n) is 2.28. The zero-order valence-electron chi connectivity index (χ0n) is 9.38. The summed E-state index contributed by atoms with van der Waals surface area (Å²) in [5, 5.41) is 22.6. The maximum Gasteiger partial charge on any atom is 0.296 e. The lowest BCUT2D eigenvalue weighted by Gasteiger charge is -2.03. The standard InChI is InChI=1S/C11H8N4O2S/c1-13-10-5-3-8(15(16)17)11(14-10)9-4-2-7(6-12)18-9/h2-5H,1H3,(H,13,14). The molecule has 0 saturated carbocycles. The number of pyridine rings is 1. The molecule has 0 fully saturated rings. The van der Waals surface area contributed by atoms with Crippen LogP contribution in [0.4, 0.5) is 11.5 Å². The van der Waals surface area contributed by atoms with E-state index < -0.39 is 4.92 Å². The number of hydrogen-bond acceptors (Lipinski definition) is 6. The molecule has 2 heterocycles. The van der Waals surface area contributed by atoms with E-state index in [0.29, 0.717) is 15.6 Å². The van der Waals surface area contributed by atoms with E-state index in [0.717, 1.165) is 0 Å². The van der Waals surface area contributed by atoms with Crippen molar-refractivity contribution >= 4 is 22.8 Å². The summed E-state index contributed by atoms with van der Waals surface area (Å²) >= 11 is 1.18. The smallest absolute Gasteiger partial charge is 0.296 e. The molecule has 0 aromatic carbocycles. The molecule has 6 nitrogen and oxygen atoms in total. The average molecular weight is 260 g/mol. The Morgan fingerprint density at radius 1 is 1.44 bits per heavy atom. The first-order chi connectivity index (χ1) is 8.65. The van der Waals surface area contributed by atoms with Gasteiger partial charge in [0, 0.05) is 13.1 Å². The number of nitriles is 1. The fourth-order valence-electron chi connectivity index (χ4n) is 1.44. The number of nitrogens with one attached hydrogen (secondary N) is 1. The van der Waals surface area contributed by atoms with Crippen LogP contribution in [0.25, 0.3) is 10.6 Å². The van der Waals surface area contributed by atoms with Gasteiger partial charge in [-0.3, -0.25) is 10.1 Å². The molecule has 0 amide bonds. The van der Waals surface area contributed by atoms with Gasteiger partial charge in [0.25, 0.3) is 5.69 Å². The predicted molar refractivity (Wildman–Crippen MR) is 68.5 cm³/mol. The van der Waals surface area contributed by atoms with Crippen molar-refractivity contribution in [3.05, 3.63) is 39.3 Å². The largest absolute Gasteiger partial charge is 0.373 e. The van der Waals surface area contributed by atoms with Crippen LogP contribution >= 0.6 is 11.3 Å². The molecule has 2 aromatic rings. The Morgan fingerprint density at radius 3 is 2.78 bits per heavy atom. The summed E-state index contributed by atoms with van der Waals surface area (Å²) in [7, 11) is 1.69. The van der Waals surface area contributed by atoms with E-state index in [9.17, 15) is 10.1 Å². The number of hydrogen-bond donors (Lipinski definition) is 1. The molecule has 2 aromatic heterocycles. The molecule has 0 saturated heterocycles. The zero-order chi connectivity index (χ0) is 13.1. The van der Waals surface area contributed by atoms with Crippen LogP contribution in [-0.4, -0.2) is 17.0 Å². The molecule has 90 valence electrons. The average Bonchev–Trinajstić information content (AvgIpc) is 2.86. The summed E-state index contributed by atoms with van der Waals surface area (Å²) in [6.07, 6.45) is 0. The molecule has 0 unspecified atom stereocenters. The molecule has 0 aliphatic heterocycles. The van der Waals surface area contributed by atoms with Crippen molar-refractivity contribution in [2.45, 2.75) is 0 Å². The topological polar surface area (TPSA) is 91.9 Å². The maximum atomic E-state index is 11.0. The van der Waals surface area contributed by atoms with Gasteiger partial charge in [0.2, 0.25) is 0 Å². The Labute approximate surface area is 107 Å². The Bertz CT molecular complexity index is 645. The second kappa shape index (κ2) is 4.81. The molecule has 0 radical (unpaired) electrons. The fourth-order valence-corrected chi connectivity index (χ4v) is 2.25. The maximum absolute atomic E-state index is 11.0. The fraction of sp³-hybridized carbons (Fsp3) is 0.0909. The van der Waals surface area contributed by atoms with Crippen molar-refractivity contribution in [1.82, 2.24) is 4.98 Å². The molecule has 18 heavy (non-hydrogen) atoms. The van der Waals surface area contributed by atoms with Gasteiger partial charge in [0.05, 0.1) is 9.80 Å². The van der Waals surface area contributed by atoms with Gasteiger partial charge in [-0.1, -0.05) is 0 Å². The van der Waals surface area contributed by atoms with Gasteiger partial charge < -0.3 is 5.32 Å². The molecule has 7 heteroatoms. The van der Waals surface area contributed by atoms with Crippen LogP contribution in [0.3, 0.4) is 0 Å². The molecule has 1 N–H and O–H groups in total. The Morgan fingerprint density at radius 2 is 2.22 bits per heavy atom. The number of nitrogens with zero attached hydrogens (tertiary/aromatic N) is 3. The molecule has 0 aliphatic rings. The Hall–Kier alpha value is -2.46. The van der Waals surface area contributed by atoms with Crippen LogP contribution < -0.4 is 5.32 Å². The summed E-state index contributed by atoms with van der Waals surface area (Å²) in [6.45, 7) is 0. The molecular weight excluding hydrogens is 252 g/mol. The van der Waals surface area contributed by atoms with Gasteiger partial charge in [-0.15, -0.1) is 11.3 Å². The van der Waals surface area contributed by atoms with Gasteiger partial charge >= 0.3 is 0 Å². The predicted octanol–water partition coefficient (Wildman–Crippen LogP) is 2.63. The molecule has 0 atom stereocenters. The van der Waals surface area contributed by atoms with Gasteiger partial charge in [0.15, 0.2) is 5.69 Å². The minimum atomic E-state index is -0.479. The van der Waals surface area contributed by atoms with E-state index in [1.165, 1.54) is 17.4 Å². The highest BCUT2D eigenvalue weighted by atomic mass is 32.1. The van der Waals surface area contributed by atoms with E-state index in [-0.39, 0.29) is 11.4 Å². The zero-order valence-corrected chi connectivity index (χ0v) is 10.2. The van der Waals surface area contributed by atoms with Gasteiger partial charge in [-0.2, -0.15) is 5.26 Å². The molecule has 0 aliphatic carbocycles. The monoisotopic (exact) mass is 260 g/mol. The SMILES string of the molecule is CNc1ccc([N+](=O)[O-])c(-c2ccc(C#N)s2)n1. The second-order valence-electron chi connectivity index (χ2n) is 3.35. The van der Waals surface area contributed by atoms with Gasteiger partial charge in [-0.05, 0) is 18.2 Å². The highest BCUT2D eigenvalue weighted by Crippen LogP contribution is 2.33. The van der Waals surface area contributed by atoms with Crippen LogP contribution in [0.15, 0.2) is 24.3 Å². The van der Waals surface area contributed by atoms with Crippen molar-refractivity contribution in [2.75, 3.05) is 12.4 Å². The van der Waals surface area contributed by atoms with Crippen LogP contribution in [0.2, 0.25) is 0 Å². The molecule has 0 bridgehead atoms. The minimum absolute atomic E-state index is 0.0691. The number of aromatic nitrogens is 1. The van der Waals surface area contributed by atoms with Crippen LogP contribution in [0.1, 0.15) is 4.88 Å². The first-order valence-corrected chi connectivity index (χ1v) is 5.81. The highest BCUT2D eigenvalue weighted by Gasteiger charge is 2.19. The summed E-state index contributed by atoms with van der Waals surface area (Å²) < 4.78 is 0. The molecular formula is C11H8N4O2S. The Kier molecular flexibility index (Phi) is 3.21. The van der Waals surface area contributed by atoms with Crippen molar-refractivity contribution in [1.29, 1.82) is 5.26 Å². The lowest BCUT2D eigenvalue weighted by Crippen LogP contribution is -1.97. The van der Waals surface area contributed by atoms with E-state index in [1.807, 2.05) is 6.07 Å². The summed E-state index contributed by atoms with van der Waals surface area (Å²) in [6, 6.07) is 8.23. The minimum Gasteiger partial charge on any atom is -0.373 e. The van der Waals surface area contributed by atoms with Crippen molar-refractivity contribution in [2.24, 2.45) is 0 Å². The van der Waals surface area contributed by atoms with E-state index in [4.69, 9.17) is 5.26 Å². The van der Waals surface area contributed by atoms with Crippen LogP contribution in [-0.2, 0) is 0 Å².